The molecule has 1 N–H and O–H groups in total. The van der Waals surface area contributed by atoms with Crippen LogP contribution in [0.4, 0.5) is 5.69 Å². The zero-order chi connectivity index (χ0) is 17.6. The van der Waals surface area contributed by atoms with Crippen molar-refractivity contribution in [3.63, 3.8) is 0 Å². The maximum absolute atomic E-state index is 12.6. The first-order valence-corrected chi connectivity index (χ1v) is 9.24. The molecule has 0 unspecified atom stereocenters. The van der Waals surface area contributed by atoms with Crippen LogP contribution in [-0.4, -0.2) is 55.5 Å². The lowest BCUT2D eigenvalue weighted by molar-refractivity contribution is -0.121. The number of ether oxygens (including phenoxy) is 1. The monoisotopic (exact) mass is 345 g/mol. The van der Waals surface area contributed by atoms with Gasteiger partial charge in [-0.3, -0.25) is 9.59 Å². The van der Waals surface area contributed by atoms with Crippen LogP contribution in [0.25, 0.3) is 0 Å². The van der Waals surface area contributed by atoms with Gasteiger partial charge in [0.1, 0.15) is 5.75 Å². The Labute approximate surface area is 149 Å². The van der Waals surface area contributed by atoms with Crippen LogP contribution in [-0.2, 0) is 9.59 Å². The van der Waals surface area contributed by atoms with Gasteiger partial charge >= 0.3 is 0 Å². The minimum atomic E-state index is -0.413. The van der Waals surface area contributed by atoms with Crippen LogP contribution in [0.3, 0.4) is 0 Å². The summed E-state index contributed by atoms with van der Waals surface area (Å²) >= 11 is 0. The highest BCUT2D eigenvalue weighted by Gasteiger charge is 2.39. The molecule has 6 nitrogen and oxygen atoms in total. The number of rotatable bonds is 7. The third-order valence-electron chi connectivity index (χ3n) is 4.82. The summed E-state index contributed by atoms with van der Waals surface area (Å²) in [6.45, 7) is 6.45. The normalized spacial score (nSPS) is 21.8. The van der Waals surface area contributed by atoms with E-state index in [1.165, 1.54) is 24.2 Å². The molecule has 1 aromatic rings. The number of benzene rings is 1. The SMILES string of the molecule is CCOc1ccc(N2C(=O)C[C@@H](NCCN3CCCCC3)C2=O)cc1. The van der Waals surface area contributed by atoms with Crippen molar-refractivity contribution in [1.29, 1.82) is 0 Å². The van der Waals surface area contributed by atoms with Crippen molar-refractivity contribution in [2.24, 2.45) is 0 Å². The molecule has 0 radical (unpaired) electrons. The number of anilines is 1. The van der Waals surface area contributed by atoms with Crippen LogP contribution in [0.2, 0.25) is 0 Å². The summed E-state index contributed by atoms with van der Waals surface area (Å²) in [7, 11) is 0. The van der Waals surface area contributed by atoms with Gasteiger partial charge in [0.2, 0.25) is 5.91 Å². The van der Waals surface area contributed by atoms with Crippen LogP contribution in [0.5, 0.6) is 5.75 Å². The lowest BCUT2D eigenvalue weighted by Crippen LogP contribution is -2.43. The Morgan fingerprint density at radius 2 is 1.84 bits per heavy atom. The highest BCUT2D eigenvalue weighted by atomic mass is 16.5. The Balaban J connectivity index is 1.54. The first-order chi connectivity index (χ1) is 12.2. The fraction of sp³-hybridized carbons (Fsp3) is 0.579. The fourth-order valence-electron chi connectivity index (χ4n) is 3.50. The van der Waals surface area contributed by atoms with Gasteiger partial charge in [-0.2, -0.15) is 0 Å². The summed E-state index contributed by atoms with van der Waals surface area (Å²) in [6, 6.07) is 6.68. The zero-order valence-corrected chi connectivity index (χ0v) is 14.9. The average molecular weight is 345 g/mol. The molecule has 2 amide bonds. The number of piperidine rings is 1. The molecule has 0 aromatic heterocycles. The molecule has 0 bridgehead atoms. The zero-order valence-electron chi connectivity index (χ0n) is 14.9. The smallest absolute Gasteiger partial charge is 0.251 e. The maximum Gasteiger partial charge on any atom is 0.251 e. The molecule has 6 heteroatoms. The second-order valence-electron chi connectivity index (χ2n) is 6.61. The van der Waals surface area contributed by atoms with Crippen LogP contribution in [0, 0.1) is 0 Å². The van der Waals surface area contributed by atoms with E-state index in [9.17, 15) is 9.59 Å². The standard InChI is InChI=1S/C19H27N3O3/c1-2-25-16-8-6-15(7-9-16)22-18(23)14-17(19(22)24)20-10-13-21-11-4-3-5-12-21/h6-9,17,20H,2-5,10-14H2,1H3/t17-/m1/s1. The van der Waals surface area contributed by atoms with Crippen molar-refractivity contribution in [3.05, 3.63) is 24.3 Å². The van der Waals surface area contributed by atoms with Gasteiger partial charge in [0, 0.05) is 13.1 Å². The minimum absolute atomic E-state index is 0.148. The molecule has 3 rings (SSSR count). The van der Waals surface area contributed by atoms with Gasteiger partial charge < -0.3 is 15.0 Å². The van der Waals surface area contributed by atoms with Crippen molar-refractivity contribution < 1.29 is 14.3 Å². The Bertz CT molecular complexity index is 596. The van der Waals surface area contributed by atoms with Crippen molar-refractivity contribution in [2.45, 2.75) is 38.6 Å². The molecular formula is C19H27N3O3. The molecule has 0 spiro atoms. The number of nitrogens with zero attached hydrogens (tertiary/aromatic N) is 2. The molecule has 2 aliphatic rings. The Morgan fingerprint density at radius 3 is 2.52 bits per heavy atom. The van der Waals surface area contributed by atoms with E-state index in [0.29, 0.717) is 12.3 Å². The molecule has 25 heavy (non-hydrogen) atoms. The molecule has 1 aromatic carbocycles. The summed E-state index contributed by atoms with van der Waals surface area (Å²) in [5.41, 5.74) is 0.610. The van der Waals surface area contributed by atoms with Gasteiger partial charge in [0.15, 0.2) is 0 Å². The predicted octanol–water partition coefficient (Wildman–Crippen LogP) is 1.79. The van der Waals surface area contributed by atoms with Crippen LogP contribution in [0.15, 0.2) is 24.3 Å². The van der Waals surface area contributed by atoms with Gasteiger partial charge in [0.25, 0.3) is 5.91 Å². The van der Waals surface area contributed by atoms with Crippen LogP contribution in [0.1, 0.15) is 32.6 Å². The van der Waals surface area contributed by atoms with E-state index in [4.69, 9.17) is 4.74 Å². The Kier molecular flexibility index (Phi) is 6.04. The van der Waals surface area contributed by atoms with Gasteiger partial charge in [-0.15, -0.1) is 0 Å². The summed E-state index contributed by atoms with van der Waals surface area (Å²) < 4.78 is 5.40. The molecular weight excluding hydrogens is 318 g/mol. The van der Waals surface area contributed by atoms with E-state index >= 15 is 0 Å². The third kappa shape index (κ3) is 4.38. The largest absolute Gasteiger partial charge is 0.494 e. The average Bonchev–Trinajstić information content (AvgIpc) is 2.91. The summed E-state index contributed by atoms with van der Waals surface area (Å²) in [4.78, 5) is 28.6. The molecule has 0 saturated carbocycles. The topological polar surface area (TPSA) is 61.9 Å². The second-order valence-corrected chi connectivity index (χ2v) is 6.61. The number of likely N-dealkylation sites (tertiary alicyclic amines) is 1. The van der Waals surface area contributed by atoms with E-state index in [1.807, 2.05) is 6.92 Å². The fourth-order valence-corrected chi connectivity index (χ4v) is 3.50. The van der Waals surface area contributed by atoms with Crippen molar-refractivity contribution >= 4 is 17.5 Å². The van der Waals surface area contributed by atoms with E-state index in [-0.39, 0.29) is 18.2 Å². The third-order valence-corrected chi connectivity index (χ3v) is 4.82. The highest BCUT2D eigenvalue weighted by Crippen LogP contribution is 2.25. The minimum Gasteiger partial charge on any atom is -0.494 e. The number of nitrogens with one attached hydrogen (secondary N) is 1. The molecule has 2 saturated heterocycles. The van der Waals surface area contributed by atoms with E-state index in [1.54, 1.807) is 24.3 Å². The number of hydrogen-bond donors (Lipinski definition) is 1. The number of amides is 2. The number of carbonyl (C=O) groups excluding carboxylic acids is 2. The van der Waals surface area contributed by atoms with Crippen molar-refractivity contribution in [1.82, 2.24) is 10.2 Å². The molecule has 136 valence electrons. The summed E-state index contributed by atoms with van der Waals surface area (Å²) in [5, 5.41) is 3.26. The molecule has 2 fully saturated rings. The first-order valence-electron chi connectivity index (χ1n) is 9.24. The molecule has 2 heterocycles. The predicted molar refractivity (Wildman–Crippen MR) is 96.8 cm³/mol. The lowest BCUT2D eigenvalue weighted by atomic mass is 10.1. The summed E-state index contributed by atoms with van der Waals surface area (Å²) in [6.07, 6.45) is 4.06. The Hall–Kier alpha value is -1.92. The number of carbonyl (C=O) groups is 2. The van der Waals surface area contributed by atoms with E-state index < -0.39 is 6.04 Å². The summed E-state index contributed by atoms with van der Waals surface area (Å²) in [5.74, 6) is 0.430. The number of imide groups is 1. The van der Waals surface area contributed by atoms with Crippen molar-refractivity contribution in [2.75, 3.05) is 37.7 Å². The first kappa shape index (κ1) is 17.9. The maximum atomic E-state index is 12.6. The van der Waals surface area contributed by atoms with Crippen LogP contribution >= 0.6 is 0 Å². The van der Waals surface area contributed by atoms with Gasteiger partial charge in [0.05, 0.1) is 24.8 Å². The van der Waals surface area contributed by atoms with Gasteiger partial charge in [-0.05, 0) is 57.1 Å². The Morgan fingerprint density at radius 1 is 1.12 bits per heavy atom. The van der Waals surface area contributed by atoms with Crippen LogP contribution < -0.4 is 15.0 Å². The van der Waals surface area contributed by atoms with Gasteiger partial charge in [-0.1, -0.05) is 6.42 Å². The van der Waals surface area contributed by atoms with Gasteiger partial charge in [-0.25, -0.2) is 4.90 Å². The molecule has 0 aliphatic carbocycles. The number of hydrogen-bond acceptors (Lipinski definition) is 5. The molecule has 1 atom stereocenters. The highest BCUT2D eigenvalue weighted by molar-refractivity contribution is 6.22. The quantitative estimate of drug-likeness (QED) is 0.764. The molecule has 2 aliphatic heterocycles. The van der Waals surface area contributed by atoms with E-state index in [0.717, 1.165) is 31.9 Å². The second kappa shape index (κ2) is 8.45. The van der Waals surface area contributed by atoms with Crippen molar-refractivity contribution in [3.8, 4) is 5.75 Å². The lowest BCUT2D eigenvalue weighted by Gasteiger charge is -2.26. The van der Waals surface area contributed by atoms with E-state index in [2.05, 4.69) is 10.2 Å².